The molecule has 1 heterocycles. The smallest absolute Gasteiger partial charge is 0.110 e. The molecule has 3 heteroatoms. The number of rotatable bonds is 2. The topological polar surface area (TPSA) is 18.8 Å². The van der Waals surface area contributed by atoms with Crippen molar-refractivity contribution in [1.82, 2.24) is 5.01 Å². The van der Waals surface area contributed by atoms with E-state index in [-0.39, 0.29) is 0 Å². The van der Waals surface area contributed by atoms with Crippen molar-refractivity contribution in [3.63, 3.8) is 0 Å². The molecule has 0 atom stereocenters. The van der Waals surface area contributed by atoms with Gasteiger partial charge in [-0.2, -0.15) is 0 Å². The van der Waals surface area contributed by atoms with Crippen molar-refractivity contribution in [2.75, 3.05) is 12.1 Å². The van der Waals surface area contributed by atoms with Gasteiger partial charge in [0.2, 0.25) is 0 Å². The van der Waals surface area contributed by atoms with E-state index in [2.05, 4.69) is 46.3 Å². The van der Waals surface area contributed by atoms with Gasteiger partial charge in [-0.3, -0.25) is 10.0 Å². The molecule has 0 spiro atoms. The summed E-state index contributed by atoms with van der Waals surface area (Å²) < 4.78 is 0. The molecule has 1 aliphatic rings. The highest BCUT2D eigenvalue weighted by Crippen LogP contribution is 2.25. The van der Waals surface area contributed by atoms with Gasteiger partial charge in [-0.1, -0.05) is 36.4 Å². The maximum atomic E-state index is 4.48. The molecule has 0 fully saturated rings. The molecule has 2 aromatic carbocycles. The Morgan fingerprint density at radius 1 is 1.00 bits per heavy atom. The Morgan fingerprint density at radius 2 is 1.72 bits per heavy atom. The van der Waals surface area contributed by atoms with Crippen molar-refractivity contribution in [1.29, 1.82) is 0 Å². The second-order valence-electron chi connectivity index (χ2n) is 4.33. The van der Waals surface area contributed by atoms with E-state index in [1.165, 1.54) is 5.56 Å². The summed E-state index contributed by atoms with van der Waals surface area (Å²) in [6.07, 6.45) is 1.88. The van der Waals surface area contributed by atoms with E-state index >= 15 is 0 Å². The van der Waals surface area contributed by atoms with Crippen LogP contribution in [0.5, 0.6) is 0 Å². The molecule has 0 bridgehead atoms. The molecular weight excluding hydrogens is 222 g/mol. The van der Waals surface area contributed by atoms with Gasteiger partial charge in [-0.05, 0) is 23.8 Å². The van der Waals surface area contributed by atoms with Crippen LogP contribution < -0.4 is 5.01 Å². The Hall–Kier alpha value is -2.29. The Morgan fingerprint density at radius 3 is 2.56 bits per heavy atom. The van der Waals surface area contributed by atoms with Crippen LogP contribution in [0.15, 0.2) is 59.6 Å². The molecule has 0 amide bonds. The highest BCUT2D eigenvalue weighted by Gasteiger charge is 2.14. The molecule has 0 aliphatic carbocycles. The third-order valence-corrected chi connectivity index (χ3v) is 3.17. The molecule has 0 saturated carbocycles. The standard InChI is InChI=1S/C15H15N3/c1-17(14-8-3-2-4-9-14)18-11-13-7-5-6-10-15(13)16-12-18/h2-10,12H,11H2,1H3. The van der Waals surface area contributed by atoms with Crippen molar-refractivity contribution in [3.8, 4) is 0 Å². The van der Waals surface area contributed by atoms with E-state index in [1.807, 2.05) is 36.7 Å². The van der Waals surface area contributed by atoms with Crippen LogP contribution in [-0.2, 0) is 6.54 Å². The van der Waals surface area contributed by atoms with E-state index < -0.39 is 0 Å². The molecule has 3 nitrogen and oxygen atoms in total. The highest BCUT2D eigenvalue weighted by molar-refractivity contribution is 5.69. The molecule has 0 radical (unpaired) electrons. The lowest BCUT2D eigenvalue weighted by atomic mass is 10.1. The van der Waals surface area contributed by atoms with Gasteiger partial charge in [0.1, 0.15) is 6.34 Å². The number of nitrogens with zero attached hydrogens (tertiary/aromatic N) is 3. The first-order chi connectivity index (χ1) is 8.84. The third-order valence-electron chi connectivity index (χ3n) is 3.17. The quantitative estimate of drug-likeness (QED) is 0.798. The van der Waals surface area contributed by atoms with Crippen molar-refractivity contribution in [3.05, 3.63) is 60.2 Å². The predicted molar refractivity (Wildman–Crippen MR) is 75.0 cm³/mol. The molecule has 0 N–H and O–H groups in total. The summed E-state index contributed by atoms with van der Waals surface area (Å²) in [7, 11) is 2.05. The molecule has 2 aromatic rings. The maximum absolute atomic E-state index is 4.48. The molecule has 0 unspecified atom stereocenters. The van der Waals surface area contributed by atoms with Gasteiger partial charge < -0.3 is 0 Å². The van der Waals surface area contributed by atoms with E-state index in [4.69, 9.17) is 0 Å². The third kappa shape index (κ3) is 1.95. The van der Waals surface area contributed by atoms with Crippen LogP contribution in [0, 0.1) is 0 Å². The summed E-state index contributed by atoms with van der Waals surface area (Å²) in [5, 5.41) is 4.22. The van der Waals surface area contributed by atoms with Gasteiger partial charge in [0.15, 0.2) is 0 Å². The first-order valence-electron chi connectivity index (χ1n) is 6.02. The van der Waals surface area contributed by atoms with Gasteiger partial charge in [-0.25, -0.2) is 4.99 Å². The summed E-state index contributed by atoms with van der Waals surface area (Å²) in [5.41, 5.74) is 3.47. The molecule has 1 aliphatic heterocycles. The fourth-order valence-corrected chi connectivity index (χ4v) is 2.09. The van der Waals surface area contributed by atoms with Crippen LogP contribution in [0.1, 0.15) is 5.56 Å². The number of hydrogen-bond donors (Lipinski definition) is 0. The number of aliphatic imine (C=N–C) groups is 1. The SMILES string of the molecule is CN(c1ccccc1)N1C=Nc2ccccc2C1. The highest BCUT2D eigenvalue weighted by atomic mass is 15.6. The number of benzene rings is 2. The number of hydrazine groups is 1. The first kappa shape index (κ1) is 10.8. The number of para-hydroxylation sites is 2. The van der Waals surface area contributed by atoms with Crippen molar-refractivity contribution >= 4 is 17.7 Å². The van der Waals surface area contributed by atoms with Crippen molar-refractivity contribution in [2.45, 2.75) is 6.54 Å². The van der Waals surface area contributed by atoms with Gasteiger partial charge in [-0.15, -0.1) is 0 Å². The summed E-state index contributed by atoms with van der Waals surface area (Å²) in [4.78, 5) is 4.48. The van der Waals surface area contributed by atoms with Gasteiger partial charge in [0.05, 0.1) is 17.9 Å². The van der Waals surface area contributed by atoms with Crippen LogP contribution in [-0.4, -0.2) is 18.4 Å². The average Bonchev–Trinajstić information content (AvgIpc) is 2.47. The minimum absolute atomic E-state index is 0.852. The lowest BCUT2D eigenvalue weighted by molar-refractivity contribution is 0.409. The number of fused-ring (bicyclic) bond motifs is 1. The normalized spacial score (nSPS) is 13.3. The number of anilines is 1. The van der Waals surface area contributed by atoms with E-state index in [1.54, 1.807) is 0 Å². The molecule has 3 rings (SSSR count). The maximum Gasteiger partial charge on any atom is 0.110 e. The summed E-state index contributed by atoms with van der Waals surface area (Å²) in [6.45, 7) is 0.852. The van der Waals surface area contributed by atoms with Crippen molar-refractivity contribution in [2.24, 2.45) is 4.99 Å². The van der Waals surface area contributed by atoms with Crippen LogP contribution in [0.25, 0.3) is 0 Å². The van der Waals surface area contributed by atoms with E-state index in [0.717, 1.165) is 17.9 Å². The summed E-state index contributed by atoms with van der Waals surface area (Å²) in [5.74, 6) is 0. The molecule has 0 aromatic heterocycles. The fourth-order valence-electron chi connectivity index (χ4n) is 2.09. The predicted octanol–water partition coefficient (Wildman–Crippen LogP) is 3.21. The Bertz CT molecular complexity index is 563. The molecular formula is C15H15N3. The van der Waals surface area contributed by atoms with Crippen LogP contribution in [0.2, 0.25) is 0 Å². The lowest BCUT2D eigenvalue weighted by Gasteiger charge is -2.34. The van der Waals surface area contributed by atoms with Gasteiger partial charge in [0.25, 0.3) is 0 Å². The van der Waals surface area contributed by atoms with Crippen LogP contribution in [0.4, 0.5) is 11.4 Å². The number of hydrogen-bond acceptors (Lipinski definition) is 3. The zero-order chi connectivity index (χ0) is 12.4. The fraction of sp³-hybridized carbons (Fsp3) is 0.133. The van der Waals surface area contributed by atoms with Crippen LogP contribution in [0.3, 0.4) is 0 Å². The monoisotopic (exact) mass is 237 g/mol. The van der Waals surface area contributed by atoms with Gasteiger partial charge >= 0.3 is 0 Å². The van der Waals surface area contributed by atoms with Crippen LogP contribution >= 0.6 is 0 Å². The second-order valence-corrected chi connectivity index (χ2v) is 4.33. The zero-order valence-electron chi connectivity index (χ0n) is 10.3. The van der Waals surface area contributed by atoms with Gasteiger partial charge in [0, 0.05) is 7.05 Å². The first-order valence-corrected chi connectivity index (χ1v) is 6.02. The summed E-state index contributed by atoms with van der Waals surface area (Å²) >= 11 is 0. The summed E-state index contributed by atoms with van der Waals surface area (Å²) in [6, 6.07) is 18.5. The minimum Gasteiger partial charge on any atom is -0.287 e. The van der Waals surface area contributed by atoms with E-state index in [0.29, 0.717) is 0 Å². The lowest BCUT2D eigenvalue weighted by Crippen LogP contribution is -2.39. The zero-order valence-corrected chi connectivity index (χ0v) is 10.3. The molecule has 0 saturated heterocycles. The largest absolute Gasteiger partial charge is 0.287 e. The molecule has 90 valence electrons. The minimum atomic E-state index is 0.852. The Labute approximate surface area is 107 Å². The Kier molecular flexibility index (Phi) is 2.73. The molecule has 18 heavy (non-hydrogen) atoms. The van der Waals surface area contributed by atoms with Crippen molar-refractivity contribution < 1.29 is 0 Å². The Balaban J connectivity index is 1.85. The average molecular weight is 237 g/mol. The van der Waals surface area contributed by atoms with E-state index in [9.17, 15) is 0 Å². The second kappa shape index (κ2) is 4.53.